The molecular weight excluding hydrogens is 541 g/mol. The van der Waals surface area contributed by atoms with Gasteiger partial charge in [-0.15, -0.1) is 11.8 Å². The average molecular weight is 569 g/mol. The minimum atomic E-state index is -0.986. The number of pyridine rings is 1. The zero-order valence-corrected chi connectivity index (χ0v) is 22.6. The number of carbonyl (C=O) groups excluding carboxylic acids is 1. The smallest absolute Gasteiger partial charge is 0.458 e. The Labute approximate surface area is 232 Å². The van der Waals surface area contributed by atoms with Gasteiger partial charge in [-0.05, 0) is 48.2 Å². The van der Waals surface area contributed by atoms with Crippen molar-refractivity contribution in [3.63, 3.8) is 0 Å². The molecular formula is C28H27FN3O7S+. The molecule has 12 heteroatoms. The van der Waals surface area contributed by atoms with Crippen molar-refractivity contribution in [2.24, 2.45) is 0 Å². The fraction of sp³-hybridized carbons (Fsp3) is 0.321. The van der Waals surface area contributed by atoms with E-state index in [1.165, 1.54) is 22.9 Å². The summed E-state index contributed by atoms with van der Waals surface area (Å²) in [6.07, 6.45) is -1.09. The van der Waals surface area contributed by atoms with Crippen LogP contribution in [0.3, 0.4) is 0 Å². The van der Waals surface area contributed by atoms with Gasteiger partial charge in [-0.3, -0.25) is 10.2 Å². The van der Waals surface area contributed by atoms with E-state index in [9.17, 15) is 14.7 Å². The number of fused-ring (bicyclic) bond motifs is 4. The van der Waals surface area contributed by atoms with E-state index >= 15 is 4.39 Å². The van der Waals surface area contributed by atoms with Crippen molar-refractivity contribution in [2.75, 3.05) is 32.5 Å². The van der Waals surface area contributed by atoms with E-state index in [0.717, 1.165) is 28.7 Å². The molecule has 10 nitrogen and oxygen atoms in total. The molecule has 40 heavy (non-hydrogen) atoms. The first kappa shape index (κ1) is 26.2. The van der Waals surface area contributed by atoms with Crippen molar-refractivity contribution >= 4 is 23.8 Å². The summed E-state index contributed by atoms with van der Waals surface area (Å²) in [5.74, 6) is -0.324. The van der Waals surface area contributed by atoms with Crippen molar-refractivity contribution in [3.8, 4) is 17.0 Å². The maximum absolute atomic E-state index is 15.1. The van der Waals surface area contributed by atoms with Crippen molar-refractivity contribution in [2.45, 2.75) is 36.3 Å². The van der Waals surface area contributed by atoms with Crippen molar-refractivity contribution < 1.29 is 37.8 Å². The van der Waals surface area contributed by atoms with Crippen LogP contribution >= 0.6 is 11.8 Å². The molecule has 6 rings (SSSR count). The summed E-state index contributed by atoms with van der Waals surface area (Å²) in [5, 5.41) is 11.5. The van der Waals surface area contributed by atoms with Crippen LogP contribution in [0.5, 0.6) is 5.75 Å². The van der Waals surface area contributed by atoms with Gasteiger partial charge in [-0.25, -0.2) is 13.9 Å². The van der Waals surface area contributed by atoms with Crippen LogP contribution in [0.4, 0.5) is 9.18 Å². The Balaban J connectivity index is 1.54. The molecule has 4 heterocycles. The molecule has 3 aliphatic heterocycles. The lowest BCUT2D eigenvalue weighted by atomic mass is 9.93. The Morgan fingerprint density at radius 2 is 2.10 bits per heavy atom. The number of benzene rings is 2. The van der Waals surface area contributed by atoms with Gasteiger partial charge in [0.05, 0.1) is 12.8 Å². The number of thioether (sulfide) groups is 1. The third-order valence-corrected chi connectivity index (χ3v) is 8.32. The number of ether oxygens (including phenoxy) is 4. The summed E-state index contributed by atoms with van der Waals surface area (Å²) in [7, 11) is 1.15. The first-order chi connectivity index (χ1) is 19.3. The lowest BCUT2D eigenvalue weighted by Crippen LogP contribution is -2.56. The molecule has 0 bridgehead atoms. The number of nitrogens with zero attached hydrogens (tertiary/aromatic N) is 2. The number of aliphatic hydroxyl groups excluding tert-OH is 1. The molecule has 0 aliphatic carbocycles. The lowest BCUT2D eigenvalue weighted by molar-refractivity contribution is -0.598. The summed E-state index contributed by atoms with van der Waals surface area (Å²) in [6.45, 7) is 1.86. The van der Waals surface area contributed by atoms with Crippen LogP contribution in [0.15, 0.2) is 52.2 Å². The molecule has 0 radical (unpaired) electrons. The Kier molecular flexibility index (Phi) is 6.88. The van der Waals surface area contributed by atoms with Crippen molar-refractivity contribution in [3.05, 3.63) is 80.9 Å². The third-order valence-electron chi connectivity index (χ3n) is 7.15. The van der Waals surface area contributed by atoms with Gasteiger partial charge in [0.15, 0.2) is 6.54 Å². The van der Waals surface area contributed by atoms with Crippen molar-refractivity contribution in [1.29, 1.82) is 0 Å². The minimum absolute atomic E-state index is 0.0303. The number of aliphatic hydroxyl groups is 1. The van der Waals surface area contributed by atoms with Crippen LogP contribution < -0.4 is 15.6 Å². The highest BCUT2D eigenvalue weighted by Crippen LogP contribution is 2.39. The fourth-order valence-corrected chi connectivity index (χ4v) is 6.36. The molecule has 0 amide bonds. The number of hydrogen-bond donors (Lipinski definition) is 2. The summed E-state index contributed by atoms with van der Waals surface area (Å²) >= 11 is 1.64. The lowest BCUT2D eigenvalue weighted by Gasteiger charge is -2.33. The largest absolute Gasteiger partial charge is 0.510 e. The van der Waals surface area contributed by atoms with Crippen LogP contribution in [-0.2, 0) is 26.4 Å². The summed E-state index contributed by atoms with van der Waals surface area (Å²) in [5.41, 5.74) is 6.44. The monoisotopic (exact) mass is 568 g/mol. The molecule has 208 valence electrons. The molecule has 3 aromatic rings. The highest BCUT2D eigenvalue weighted by molar-refractivity contribution is 7.98. The highest BCUT2D eigenvalue weighted by atomic mass is 32.2. The van der Waals surface area contributed by atoms with Gasteiger partial charge in [-0.1, -0.05) is 18.2 Å². The van der Waals surface area contributed by atoms with Crippen LogP contribution in [0.1, 0.15) is 29.3 Å². The number of halogens is 1. The zero-order chi connectivity index (χ0) is 28.0. The van der Waals surface area contributed by atoms with Gasteiger partial charge in [0, 0.05) is 22.3 Å². The second-order valence-electron chi connectivity index (χ2n) is 9.70. The summed E-state index contributed by atoms with van der Waals surface area (Å²) in [6, 6.07) is 12.3. The molecule has 2 aromatic carbocycles. The second kappa shape index (κ2) is 10.5. The van der Waals surface area contributed by atoms with Gasteiger partial charge in [0.2, 0.25) is 23.7 Å². The molecule has 1 aromatic heterocycles. The van der Waals surface area contributed by atoms with E-state index in [1.807, 2.05) is 31.2 Å². The number of hydrogen-bond acceptors (Lipinski definition) is 8. The number of nitrogens with one attached hydrogen (secondary N) is 1. The number of methoxy groups -OCH3 is 1. The van der Waals surface area contributed by atoms with Crippen LogP contribution in [0.25, 0.3) is 11.3 Å². The number of aromatic nitrogens is 1. The first-order valence-electron chi connectivity index (χ1n) is 12.7. The third kappa shape index (κ3) is 4.66. The van der Waals surface area contributed by atoms with Crippen LogP contribution in [-0.4, -0.2) is 65.7 Å². The SMILES string of the molecule is COC(=O)OCOc1c2n(c(-c3cc(F)cc4c3Cc3ccccc3SC4)cc1=O)NC1CO[C@@H](C)C[N+]1=C2O. The van der Waals surface area contributed by atoms with Gasteiger partial charge >= 0.3 is 12.1 Å². The maximum Gasteiger partial charge on any atom is 0.510 e. The zero-order valence-electron chi connectivity index (χ0n) is 21.8. The topological polar surface area (TPSA) is 111 Å². The Hall–Kier alpha value is -4.03. The van der Waals surface area contributed by atoms with Gasteiger partial charge in [0.25, 0.3) is 6.17 Å². The molecule has 1 fully saturated rings. The molecule has 2 atom stereocenters. The molecule has 3 aliphatic rings. The van der Waals surface area contributed by atoms with E-state index in [-0.39, 0.29) is 30.1 Å². The Morgan fingerprint density at radius 3 is 2.92 bits per heavy atom. The average Bonchev–Trinajstić information content (AvgIpc) is 3.13. The number of carbonyl (C=O) groups is 1. The predicted octanol–water partition coefficient (Wildman–Crippen LogP) is 3.59. The second-order valence-corrected chi connectivity index (χ2v) is 10.7. The molecule has 0 saturated carbocycles. The predicted molar refractivity (Wildman–Crippen MR) is 144 cm³/mol. The van der Waals surface area contributed by atoms with Gasteiger partial charge < -0.3 is 24.1 Å². The Bertz CT molecular complexity index is 1610. The molecule has 1 unspecified atom stereocenters. The van der Waals surface area contributed by atoms with E-state index in [0.29, 0.717) is 30.0 Å². The number of morpholine rings is 1. The van der Waals surface area contributed by atoms with E-state index in [2.05, 4.69) is 10.2 Å². The normalized spacial score (nSPS) is 19.3. The van der Waals surface area contributed by atoms with E-state index in [1.54, 1.807) is 16.3 Å². The summed E-state index contributed by atoms with van der Waals surface area (Å²) < 4.78 is 39.0. The van der Waals surface area contributed by atoms with Gasteiger partial charge in [0.1, 0.15) is 18.5 Å². The van der Waals surface area contributed by atoms with Crippen LogP contribution in [0, 0.1) is 5.82 Å². The van der Waals surface area contributed by atoms with Crippen LogP contribution in [0.2, 0.25) is 0 Å². The first-order valence-corrected chi connectivity index (χ1v) is 13.7. The Morgan fingerprint density at radius 1 is 1.27 bits per heavy atom. The summed E-state index contributed by atoms with van der Waals surface area (Å²) in [4.78, 5) is 26.1. The van der Waals surface area contributed by atoms with Crippen molar-refractivity contribution in [1.82, 2.24) is 4.68 Å². The molecule has 1 saturated heterocycles. The quantitative estimate of drug-likeness (QED) is 0.277. The van der Waals surface area contributed by atoms with Gasteiger partial charge in [-0.2, -0.15) is 4.58 Å². The van der Waals surface area contributed by atoms with E-state index < -0.39 is 30.4 Å². The number of rotatable bonds is 4. The minimum Gasteiger partial charge on any atom is -0.458 e. The highest BCUT2D eigenvalue weighted by Gasteiger charge is 2.42. The standard InChI is InChI=1S/C28H26FN3O7S/c1-15-11-31-24(12-37-15)30-32-21(10-22(33)26(25(32)27(31)34)38-14-39-28(35)36-2)20-9-18(29)7-17-13-40-23-6-4-3-5-16(23)8-19(17)20/h3-7,9-10,15,24,30H,8,11-14H2,1-2H3/p+1/t15-,24?/m0/s1. The van der Waals surface area contributed by atoms with E-state index in [4.69, 9.17) is 14.2 Å². The molecule has 0 spiro atoms. The fourth-order valence-electron chi connectivity index (χ4n) is 5.29. The molecule has 2 N–H and O–H groups in total. The maximum atomic E-state index is 15.1.